The van der Waals surface area contributed by atoms with Gasteiger partial charge in [-0.1, -0.05) is 6.92 Å². The van der Waals surface area contributed by atoms with Gasteiger partial charge in [-0.3, -0.25) is 0 Å². The van der Waals surface area contributed by atoms with Gasteiger partial charge in [-0.2, -0.15) is 11.8 Å². The van der Waals surface area contributed by atoms with Gasteiger partial charge in [0.05, 0.1) is 12.7 Å². The highest BCUT2D eigenvalue weighted by atomic mass is 32.2. The number of thioether (sulfide) groups is 1. The van der Waals surface area contributed by atoms with Crippen molar-refractivity contribution in [2.24, 2.45) is 0 Å². The third-order valence-corrected chi connectivity index (χ3v) is 3.31. The summed E-state index contributed by atoms with van der Waals surface area (Å²) in [6.07, 6.45) is 4.11. The normalized spacial score (nSPS) is 26.0. The Balaban J connectivity index is 1.94. The molecular formula is C9H18O2S. The van der Waals surface area contributed by atoms with Crippen molar-refractivity contribution in [2.75, 3.05) is 19.0 Å². The molecule has 0 spiro atoms. The lowest BCUT2D eigenvalue weighted by Crippen LogP contribution is -2.09. The first-order valence-corrected chi connectivity index (χ1v) is 5.72. The summed E-state index contributed by atoms with van der Waals surface area (Å²) in [7, 11) is 0. The highest BCUT2D eigenvalue weighted by Gasteiger charge is 2.15. The van der Waals surface area contributed by atoms with E-state index in [0.29, 0.717) is 11.4 Å². The minimum Gasteiger partial charge on any atom is -0.395 e. The molecule has 0 aliphatic carbocycles. The molecule has 1 fully saturated rings. The summed E-state index contributed by atoms with van der Waals surface area (Å²) in [5.41, 5.74) is 0. The minimum absolute atomic E-state index is 0.288. The second-order valence-corrected chi connectivity index (χ2v) is 4.83. The van der Waals surface area contributed by atoms with Crippen molar-refractivity contribution in [3.8, 4) is 0 Å². The van der Waals surface area contributed by atoms with Gasteiger partial charge in [-0.05, 0) is 25.0 Å². The van der Waals surface area contributed by atoms with Gasteiger partial charge in [0.1, 0.15) is 0 Å². The predicted molar refractivity (Wildman–Crippen MR) is 52.6 cm³/mol. The minimum atomic E-state index is 0.288. The fourth-order valence-electron chi connectivity index (χ4n) is 1.33. The first kappa shape index (κ1) is 10.4. The van der Waals surface area contributed by atoms with Crippen molar-refractivity contribution in [1.82, 2.24) is 0 Å². The summed E-state index contributed by atoms with van der Waals surface area (Å²) >= 11 is 1.83. The molecule has 0 saturated carbocycles. The second kappa shape index (κ2) is 5.84. The van der Waals surface area contributed by atoms with Gasteiger partial charge in [0.15, 0.2) is 0 Å². The summed E-state index contributed by atoms with van der Waals surface area (Å²) in [4.78, 5) is 0. The highest BCUT2D eigenvalue weighted by Crippen LogP contribution is 2.19. The van der Waals surface area contributed by atoms with Gasteiger partial charge in [0.25, 0.3) is 0 Å². The molecule has 0 aromatic heterocycles. The van der Waals surface area contributed by atoms with E-state index in [0.717, 1.165) is 18.8 Å². The smallest absolute Gasteiger partial charge is 0.0583 e. The van der Waals surface area contributed by atoms with Crippen LogP contribution in [0.5, 0.6) is 0 Å². The van der Waals surface area contributed by atoms with Crippen LogP contribution in [0.15, 0.2) is 0 Å². The van der Waals surface area contributed by atoms with Crippen molar-refractivity contribution in [2.45, 2.75) is 37.5 Å². The average molecular weight is 190 g/mol. The monoisotopic (exact) mass is 190 g/mol. The van der Waals surface area contributed by atoms with E-state index in [2.05, 4.69) is 6.92 Å². The van der Waals surface area contributed by atoms with E-state index in [-0.39, 0.29) is 6.61 Å². The molecule has 3 heteroatoms. The summed E-state index contributed by atoms with van der Waals surface area (Å²) < 4.78 is 5.49. The molecule has 0 amide bonds. The van der Waals surface area contributed by atoms with Gasteiger partial charge in [0.2, 0.25) is 0 Å². The number of rotatable bonds is 5. The zero-order valence-electron chi connectivity index (χ0n) is 7.66. The molecule has 0 radical (unpaired) electrons. The lowest BCUT2D eigenvalue weighted by Gasteiger charge is -2.10. The lowest BCUT2D eigenvalue weighted by atomic mass is 10.2. The molecule has 1 rings (SSSR count). The number of ether oxygens (including phenoxy) is 1. The van der Waals surface area contributed by atoms with Gasteiger partial charge in [-0.25, -0.2) is 0 Å². The predicted octanol–water partition coefficient (Wildman–Crippen LogP) is 1.67. The van der Waals surface area contributed by atoms with E-state index in [1.165, 1.54) is 12.8 Å². The van der Waals surface area contributed by atoms with Gasteiger partial charge in [0, 0.05) is 11.9 Å². The van der Waals surface area contributed by atoms with Crippen LogP contribution in [-0.2, 0) is 4.74 Å². The fourth-order valence-corrected chi connectivity index (χ4v) is 2.23. The Morgan fingerprint density at radius 3 is 3.08 bits per heavy atom. The standard InChI is InChI=1S/C9H18O2S/c1-8(7-10)12-6-4-9-3-2-5-11-9/h8-10H,2-7H2,1H3. The van der Waals surface area contributed by atoms with E-state index in [9.17, 15) is 0 Å². The molecule has 2 nitrogen and oxygen atoms in total. The van der Waals surface area contributed by atoms with Crippen molar-refractivity contribution < 1.29 is 9.84 Å². The van der Waals surface area contributed by atoms with Gasteiger partial charge < -0.3 is 9.84 Å². The van der Waals surface area contributed by atoms with Crippen LogP contribution < -0.4 is 0 Å². The topological polar surface area (TPSA) is 29.5 Å². The fraction of sp³-hybridized carbons (Fsp3) is 1.00. The van der Waals surface area contributed by atoms with E-state index < -0.39 is 0 Å². The Kier molecular flexibility index (Phi) is 5.04. The molecular weight excluding hydrogens is 172 g/mol. The lowest BCUT2D eigenvalue weighted by molar-refractivity contribution is 0.109. The van der Waals surface area contributed by atoms with Crippen LogP contribution in [0, 0.1) is 0 Å². The summed E-state index contributed by atoms with van der Waals surface area (Å²) in [5, 5.41) is 9.16. The summed E-state index contributed by atoms with van der Waals surface area (Å²) in [6, 6.07) is 0. The highest BCUT2D eigenvalue weighted by molar-refractivity contribution is 7.99. The zero-order chi connectivity index (χ0) is 8.81. The largest absolute Gasteiger partial charge is 0.395 e. The molecule has 1 heterocycles. The molecule has 12 heavy (non-hydrogen) atoms. The Morgan fingerprint density at radius 2 is 2.50 bits per heavy atom. The maximum atomic E-state index is 8.77. The van der Waals surface area contributed by atoms with Crippen molar-refractivity contribution in [3.63, 3.8) is 0 Å². The molecule has 1 aliphatic heterocycles. The molecule has 1 aliphatic rings. The maximum absolute atomic E-state index is 8.77. The van der Waals surface area contributed by atoms with Crippen molar-refractivity contribution in [1.29, 1.82) is 0 Å². The quantitative estimate of drug-likeness (QED) is 0.715. The Bertz CT molecular complexity index is 113. The summed E-state index contributed by atoms with van der Waals surface area (Å²) in [6.45, 7) is 3.29. The van der Waals surface area contributed by atoms with Crippen LogP contribution in [-0.4, -0.2) is 35.4 Å². The molecule has 2 atom stereocenters. The SMILES string of the molecule is CC(CO)SCCC1CCCO1. The molecule has 0 aromatic rings. The van der Waals surface area contributed by atoms with E-state index >= 15 is 0 Å². The molecule has 72 valence electrons. The number of aliphatic hydroxyl groups excluding tert-OH is 1. The van der Waals surface area contributed by atoms with E-state index in [4.69, 9.17) is 9.84 Å². The number of aliphatic hydroxyl groups is 1. The third kappa shape index (κ3) is 3.78. The molecule has 1 N–H and O–H groups in total. The van der Waals surface area contributed by atoms with Crippen molar-refractivity contribution in [3.05, 3.63) is 0 Å². The van der Waals surface area contributed by atoms with Crippen molar-refractivity contribution >= 4 is 11.8 Å². The molecule has 0 aromatic carbocycles. The van der Waals surface area contributed by atoms with Crippen LogP contribution in [0.2, 0.25) is 0 Å². The van der Waals surface area contributed by atoms with Crippen LogP contribution in [0.4, 0.5) is 0 Å². The third-order valence-electron chi connectivity index (χ3n) is 2.12. The van der Waals surface area contributed by atoms with Gasteiger partial charge in [-0.15, -0.1) is 0 Å². The summed E-state index contributed by atoms with van der Waals surface area (Å²) in [5.74, 6) is 1.12. The van der Waals surface area contributed by atoms with E-state index in [1.54, 1.807) is 0 Å². The maximum Gasteiger partial charge on any atom is 0.0583 e. The van der Waals surface area contributed by atoms with Gasteiger partial charge >= 0.3 is 0 Å². The first-order chi connectivity index (χ1) is 5.83. The van der Waals surface area contributed by atoms with Crippen LogP contribution in [0.1, 0.15) is 26.2 Å². The molecule has 1 saturated heterocycles. The number of hydrogen-bond acceptors (Lipinski definition) is 3. The van der Waals surface area contributed by atoms with E-state index in [1.807, 2.05) is 11.8 Å². The second-order valence-electron chi connectivity index (χ2n) is 3.29. The Hall–Kier alpha value is 0.270. The number of hydrogen-bond donors (Lipinski definition) is 1. The van der Waals surface area contributed by atoms with Crippen LogP contribution >= 0.6 is 11.8 Å². The average Bonchev–Trinajstić information content (AvgIpc) is 2.57. The Labute approximate surface area is 78.7 Å². The van der Waals surface area contributed by atoms with Crippen LogP contribution in [0.3, 0.4) is 0 Å². The molecule has 2 unspecified atom stereocenters. The zero-order valence-corrected chi connectivity index (χ0v) is 8.48. The molecule has 0 bridgehead atoms. The van der Waals surface area contributed by atoms with Crippen LogP contribution in [0.25, 0.3) is 0 Å². The first-order valence-electron chi connectivity index (χ1n) is 4.67. The Morgan fingerprint density at radius 1 is 1.67 bits per heavy atom.